The first-order valence-corrected chi connectivity index (χ1v) is 10.8. The van der Waals surface area contributed by atoms with Gasteiger partial charge in [-0.1, -0.05) is 6.92 Å². The molecule has 3 heterocycles. The Morgan fingerprint density at radius 1 is 1.20 bits per heavy atom. The van der Waals surface area contributed by atoms with Crippen molar-refractivity contribution in [3.63, 3.8) is 0 Å². The standard InChI is InChI=1S/C22H23BrN4O3/c1-3-9-30-20-15(23)10-13(11-19(20)29-4-2)21-24-7-6-17(27-21)18-12-14-16(26-18)5-8-25-22(14)28/h6-7,10-12,26H,3-5,8-9H2,1-2H3,(H,25,28). The van der Waals surface area contributed by atoms with E-state index in [1.807, 2.05) is 31.2 Å². The zero-order valence-corrected chi connectivity index (χ0v) is 18.5. The van der Waals surface area contributed by atoms with Crippen LogP contribution in [0.2, 0.25) is 0 Å². The van der Waals surface area contributed by atoms with Crippen LogP contribution in [0.5, 0.6) is 11.5 Å². The van der Waals surface area contributed by atoms with Crippen LogP contribution in [0.1, 0.15) is 36.3 Å². The van der Waals surface area contributed by atoms with Crippen LogP contribution in [0.4, 0.5) is 0 Å². The third kappa shape index (κ3) is 4.05. The number of nitrogens with one attached hydrogen (secondary N) is 2. The van der Waals surface area contributed by atoms with E-state index in [0.717, 1.165) is 40.0 Å². The summed E-state index contributed by atoms with van der Waals surface area (Å²) in [6, 6.07) is 7.50. The van der Waals surface area contributed by atoms with Gasteiger partial charge in [-0.2, -0.15) is 0 Å². The maximum atomic E-state index is 12.1. The first kappa shape index (κ1) is 20.4. The molecular formula is C22H23BrN4O3. The van der Waals surface area contributed by atoms with Gasteiger partial charge in [-0.3, -0.25) is 4.79 Å². The normalized spacial score (nSPS) is 13.0. The average Bonchev–Trinajstić information content (AvgIpc) is 3.19. The molecule has 1 aliphatic heterocycles. The predicted molar refractivity (Wildman–Crippen MR) is 118 cm³/mol. The molecule has 7 nitrogen and oxygen atoms in total. The molecular weight excluding hydrogens is 448 g/mol. The number of H-pyrrole nitrogens is 1. The molecule has 0 fully saturated rings. The Hall–Kier alpha value is -2.87. The van der Waals surface area contributed by atoms with Gasteiger partial charge in [-0.05, 0) is 53.5 Å². The summed E-state index contributed by atoms with van der Waals surface area (Å²) in [4.78, 5) is 24.6. The molecule has 0 unspecified atom stereocenters. The van der Waals surface area contributed by atoms with Gasteiger partial charge in [0.25, 0.3) is 5.91 Å². The first-order valence-electron chi connectivity index (χ1n) is 10.0. The summed E-state index contributed by atoms with van der Waals surface area (Å²) in [6.07, 6.45) is 3.40. The molecule has 1 aliphatic rings. The summed E-state index contributed by atoms with van der Waals surface area (Å²) >= 11 is 3.59. The molecule has 8 heteroatoms. The van der Waals surface area contributed by atoms with Crippen molar-refractivity contribution in [2.75, 3.05) is 19.8 Å². The Kier molecular flexibility index (Phi) is 6.03. The molecule has 156 valence electrons. The minimum Gasteiger partial charge on any atom is -0.490 e. The number of aromatic amines is 1. The van der Waals surface area contributed by atoms with E-state index in [2.05, 4.69) is 38.1 Å². The fourth-order valence-electron chi connectivity index (χ4n) is 3.38. The van der Waals surface area contributed by atoms with Gasteiger partial charge in [0, 0.05) is 30.4 Å². The van der Waals surface area contributed by atoms with Crippen LogP contribution < -0.4 is 14.8 Å². The SMILES string of the molecule is CCCOc1c(Br)cc(-c2nccc(-c3cc4c([nH]3)CCNC4=O)n2)cc1OCC. The minimum atomic E-state index is -0.0546. The predicted octanol–water partition coefficient (Wildman–Crippen LogP) is 4.37. The van der Waals surface area contributed by atoms with Gasteiger partial charge in [0.2, 0.25) is 0 Å². The topological polar surface area (TPSA) is 89.1 Å². The third-order valence-electron chi connectivity index (χ3n) is 4.75. The first-order chi connectivity index (χ1) is 14.6. The molecule has 4 rings (SSSR count). The number of nitrogens with zero attached hydrogens (tertiary/aromatic N) is 2. The number of fused-ring (bicyclic) bond motifs is 1. The zero-order chi connectivity index (χ0) is 21.1. The van der Waals surface area contributed by atoms with Gasteiger partial charge >= 0.3 is 0 Å². The summed E-state index contributed by atoms with van der Waals surface area (Å²) in [7, 11) is 0. The van der Waals surface area contributed by atoms with E-state index in [4.69, 9.17) is 14.5 Å². The molecule has 1 aromatic carbocycles. The molecule has 0 aliphatic carbocycles. The Morgan fingerprint density at radius 2 is 2.07 bits per heavy atom. The number of rotatable bonds is 7. The highest BCUT2D eigenvalue weighted by atomic mass is 79.9. The van der Waals surface area contributed by atoms with E-state index < -0.39 is 0 Å². The van der Waals surface area contributed by atoms with Crippen molar-refractivity contribution in [2.24, 2.45) is 0 Å². The van der Waals surface area contributed by atoms with Gasteiger partial charge in [0.05, 0.1) is 34.6 Å². The van der Waals surface area contributed by atoms with Gasteiger partial charge in [0.15, 0.2) is 17.3 Å². The van der Waals surface area contributed by atoms with Crippen molar-refractivity contribution in [1.29, 1.82) is 0 Å². The zero-order valence-electron chi connectivity index (χ0n) is 16.9. The number of halogens is 1. The van der Waals surface area contributed by atoms with E-state index in [-0.39, 0.29) is 5.91 Å². The molecule has 2 aromatic heterocycles. The van der Waals surface area contributed by atoms with Crippen LogP contribution >= 0.6 is 15.9 Å². The highest BCUT2D eigenvalue weighted by Gasteiger charge is 2.21. The smallest absolute Gasteiger partial charge is 0.253 e. The second-order valence-corrected chi connectivity index (χ2v) is 7.77. The van der Waals surface area contributed by atoms with Crippen LogP contribution in [-0.4, -0.2) is 40.6 Å². The van der Waals surface area contributed by atoms with Crippen molar-refractivity contribution in [3.05, 3.63) is 46.2 Å². The highest BCUT2D eigenvalue weighted by Crippen LogP contribution is 2.39. The molecule has 2 N–H and O–H groups in total. The Bertz CT molecular complexity index is 1080. The molecule has 0 saturated carbocycles. The fourth-order valence-corrected chi connectivity index (χ4v) is 3.94. The third-order valence-corrected chi connectivity index (χ3v) is 5.34. The van der Waals surface area contributed by atoms with Gasteiger partial charge in [-0.25, -0.2) is 9.97 Å². The fraction of sp³-hybridized carbons (Fsp3) is 0.318. The van der Waals surface area contributed by atoms with Crippen LogP contribution in [-0.2, 0) is 6.42 Å². The highest BCUT2D eigenvalue weighted by molar-refractivity contribution is 9.10. The molecule has 0 atom stereocenters. The van der Waals surface area contributed by atoms with E-state index >= 15 is 0 Å². The van der Waals surface area contributed by atoms with Gasteiger partial charge in [0.1, 0.15) is 0 Å². The summed E-state index contributed by atoms with van der Waals surface area (Å²) in [5.41, 5.74) is 3.95. The van der Waals surface area contributed by atoms with E-state index in [1.165, 1.54) is 0 Å². The molecule has 0 saturated heterocycles. The average molecular weight is 471 g/mol. The number of carbonyl (C=O) groups is 1. The lowest BCUT2D eigenvalue weighted by molar-refractivity contribution is 0.0946. The summed E-state index contributed by atoms with van der Waals surface area (Å²) in [6.45, 7) is 5.76. The van der Waals surface area contributed by atoms with Crippen molar-refractivity contribution >= 4 is 21.8 Å². The summed E-state index contributed by atoms with van der Waals surface area (Å²) < 4.78 is 12.4. The number of ether oxygens (including phenoxy) is 2. The minimum absolute atomic E-state index is 0.0546. The Balaban J connectivity index is 1.71. The molecule has 1 amide bonds. The van der Waals surface area contributed by atoms with Crippen LogP contribution in [0.25, 0.3) is 22.8 Å². The number of hydrogen-bond acceptors (Lipinski definition) is 5. The van der Waals surface area contributed by atoms with Crippen molar-refractivity contribution in [3.8, 4) is 34.3 Å². The summed E-state index contributed by atoms with van der Waals surface area (Å²) in [5, 5.41) is 2.86. The molecule has 0 bridgehead atoms. The number of benzene rings is 1. The largest absolute Gasteiger partial charge is 0.490 e. The lowest BCUT2D eigenvalue weighted by atomic mass is 10.1. The van der Waals surface area contributed by atoms with E-state index in [0.29, 0.717) is 42.6 Å². The monoisotopic (exact) mass is 470 g/mol. The second kappa shape index (κ2) is 8.87. The number of amides is 1. The van der Waals surface area contributed by atoms with Gasteiger partial charge in [-0.15, -0.1) is 0 Å². The van der Waals surface area contributed by atoms with Crippen LogP contribution in [0.15, 0.2) is 34.9 Å². The number of carbonyl (C=O) groups excluding carboxylic acids is 1. The summed E-state index contributed by atoms with van der Waals surface area (Å²) in [5.74, 6) is 1.84. The Morgan fingerprint density at radius 3 is 2.83 bits per heavy atom. The van der Waals surface area contributed by atoms with Crippen LogP contribution in [0.3, 0.4) is 0 Å². The molecule has 3 aromatic rings. The second-order valence-electron chi connectivity index (χ2n) is 6.91. The maximum absolute atomic E-state index is 12.1. The van der Waals surface area contributed by atoms with Crippen molar-refractivity contribution in [1.82, 2.24) is 20.3 Å². The van der Waals surface area contributed by atoms with Gasteiger partial charge < -0.3 is 19.8 Å². The van der Waals surface area contributed by atoms with E-state index in [1.54, 1.807) is 6.20 Å². The lowest BCUT2D eigenvalue weighted by Crippen LogP contribution is -2.31. The molecule has 0 radical (unpaired) electrons. The lowest BCUT2D eigenvalue weighted by Gasteiger charge is -2.15. The molecule has 30 heavy (non-hydrogen) atoms. The number of aromatic nitrogens is 3. The van der Waals surface area contributed by atoms with Crippen molar-refractivity contribution < 1.29 is 14.3 Å². The van der Waals surface area contributed by atoms with Crippen molar-refractivity contribution in [2.45, 2.75) is 26.7 Å². The number of hydrogen-bond donors (Lipinski definition) is 2. The van der Waals surface area contributed by atoms with Crippen LogP contribution in [0, 0.1) is 0 Å². The Labute approximate surface area is 183 Å². The quantitative estimate of drug-likeness (QED) is 0.534. The maximum Gasteiger partial charge on any atom is 0.253 e. The molecule has 0 spiro atoms. The van der Waals surface area contributed by atoms with E-state index in [9.17, 15) is 4.79 Å².